The first-order valence-electron chi connectivity index (χ1n) is 15.4. The largest absolute Gasteiger partial charge is 0.444 e. The third-order valence-corrected chi connectivity index (χ3v) is 8.50. The molecule has 3 N–H and O–H groups in total. The minimum absolute atomic E-state index is 0.0266. The number of alkyl carbamates (subject to hydrolysis) is 1. The Morgan fingerprint density at radius 3 is 2.40 bits per heavy atom. The van der Waals surface area contributed by atoms with Crippen molar-refractivity contribution in [1.29, 1.82) is 0 Å². The van der Waals surface area contributed by atoms with E-state index in [1.165, 1.54) is 25.2 Å². The zero-order valence-electron chi connectivity index (χ0n) is 27.2. The lowest BCUT2D eigenvalue weighted by Gasteiger charge is -2.37. The SMILES string of the molecule is CC(C)C[C@@H](NC(=O)C(C)(C)NC(=O)OC(C)(C)C)C(=O)NC1Cc2cccc(N3CCCC3=O)c2N(Cc2cccs2)C1=O. The van der Waals surface area contributed by atoms with Crippen LogP contribution in [0.4, 0.5) is 16.2 Å². The van der Waals surface area contributed by atoms with Gasteiger partial charge in [-0.15, -0.1) is 11.3 Å². The van der Waals surface area contributed by atoms with E-state index in [2.05, 4.69) is 16.0 Å². The smallest absolute Gasteiger partial charge is 0.408 e. The Morgan fingerprint density at radius 2 is 1.80 bits per heavy atom. The molecule has 2 aromatic rings. The number of nitrogens with zero attached hydrogens (tertiary/aromatic N) is 2. The molecule has 1 aromatic heterocycles. The second-order valence-electron chi connectivity index (χ2n) is 13.6. The summed E-state index contributed by atoms with van der Waals surface area (Å²) in [5.41, 5.74) is 0.122. The minimum atomic E-state index is -1.38. The second-order valence-corrected chi connectivity index (χ2v) is 14.6. The van der Waals surface area contributed by atoms with E-state index >= 15 is 0 Å². The summed E-state index contributed by atoms with van der Waals surface area (Å²) >= 11 is 1.53. The molecule has 45 heavy (non-hydrogen) atoms. The third kappa shape index (κ3) is 8.42. The molecule has 0 radical (unpaired) electrons. The van der Waals surface area contributed by atoms with Crippen LogP contribution in [0.25, 0.3) is 0 Å². The van der Waals surface area contributed by atoms with Gasteiger partial charge in [0.15, 0.2) is 0 Å². The first kappa shape index (κ1) is 34.0. The maximum atomic E-state index is 14.1. The summed E-state index contributed by atoms with van der Waals surface area (Å²) in [6, 6.07) is 7.70. The number of anilines is 2. The number of carbonyl (C=O) groups excluding carboxylic acids is 5. The van der Waals surface area contributed by atoms with E-state index < -0.39 is 41.1 Å². The zero-order valence-corrected chi connectivity index (χ0v) is 28.0. The molecule has 5 amide bonds. The molecule has 4 rings (SSSR count). The maximum absolute atomic E-state index is 14.1. The van der Waals surface area contributed by atoms with Crippen LogP contribution in [0.2, 0.25) is 0 Å². The van der Waals surface area contributed by atoms with E-state index in [0.29, 0.717) is 37.3 Å². The lowest BCUT2D eigenvalue weighted by molar-refractivity contribution is -0.133. The summed E-state index contributed by atoms with van der Waals surface area (Å²) in [6.07, 6.45) is 1.03. The molecule has 12 heteroatoms. The third-order valence-electron chi connectivity index (χ3n) is 7.64. The van der Waals surface area contributed by atoms with Crippen LogP contribution in [0.5, 0.6) is 0 Å². The normalized spacial score (nSPS) is 17.6. The quantitative estimate of drug-likeness (QED) is 0.355. The van der Waals surface area contributed by atoms with E-state index in [0.717, 1.165) is 16.9 Å². The Kier molecular flexibility index (Phi) is 10.3. The average Bonchev–Trinajstić information content (AvgIpc) is 3.60. The van der Waals surface area contributed by atoms with Crippen molar-refractivity contribution in [3.63, 3.8) is 0 Å². The van der Waals surface area contributed by atoms with Crippen LogP contribution >= 0.6 is 11.3 Å². The highest BCUT2D eigenvalue weighted by molar-refractivity contribution is 7.09. The molecule has 1 fully saturated rings. The van der Waals surface area contributed by atoms with Crippen molar-refractivity contribution in [3.05, 3.63) is 46.2 Å². The zero-order chi connectivity index (χ0) is 33.1. The number of benzene rings is 1. The molecule has 1 aromatic carbocycles. The molecule has 2 atom stereocenters. The van der Waals surface area contributed by atoms with Gasteiger partial charge in [-0.05, 0) is 76.5 Å². The molecule has 11 nitrogen and oxygen atoms in total. The van der Waals surface area contributed by atoms with Gasteiger partial charge < -0.3 is 30.5 Å². The van der Waals surface area contributed by atoms with E-state index in [1.54, 1.807) is 30.6 Å². The van der Waals surface area contributed by atoms with Crippen LogP contribution in [0, 0.1) is 5.92 Å². The molecule has 0 spiro atoms. The van der Waals surface area contributed by atoms with Gasteiger partial charge in [-0.25, -0.2) is 4.79 Å². The van der Waals surface area contributed by atoms with Gasteiger partial charge in [0.2, 0.25) is 23.6 Å². The number of amides is 5. The minimum Gasteiger partial charge on any atom is -0.444 e. The van der Waals surface area contributed by atoms with Crippen LogP contribution in [0.15, 0.2) is 35.7 Å². The number of para-hydroxylation sites is 1. The van der Waals surface area contributed by atoms with Gasteiger partial charge in [0.1, 0.15) is 23.2 Å². The van der Waals surface area contributed by atoms with Crippen molar-refractivity contribution in [2.45, 2.75) is 104 Å². The van der Waals surface area contributed by atoms with E-state index in [4.69, 9.17) is 4.74 Å². The molecule has 1 saturated heterocycles. The first-order chi connectivity index (χ1) is 21.1. The van der Waals surface area contributed by atoms with Crippen LogP contribution in [-0.4, -0.2) is 59.5 Å². The van der Waals surface area contributed by atoms with Crippen LogP contribution in [-0.2, 0) is 36.9 Å². The summed E-state index contributed by atoms with van der Waals surface area (Å²) in [4.78, 5) is 70.7. The summed E-state index contributed by atoms with van der Waals surface area (Å²) < 4.78 is 5.30. The molecule has 3 heterocycles. The maximum Gasteiger partial charge on any atom is 0.408 e. The van der Waals surface area contributed by atoms with Crippen LogP contribution in [0.1, 0.15) is 78.2 Å². The van der Waals surface area contributed by atoms with Crippen molar-refractivity contribution in [3.8, 4) is 0 Å². The van der Waals surface area contributed by atoms with E-state index in [1.807, 2.05) is 49.6 Å². The fourth-order valence-corrected chi connectivity index (χ4v) is 6.23. The van der Waals surface area contributed by atoms with Crippen molar-refractivity contribution in [2.24, 2.45) is 5.92 Å². The number of hydrogen-bond acceptors (Lipinski definition) is 7. The van der Waals surface area contributed by atoms with Crippen molar-refractivity contribution >= 4 is 52.4 Å². The second kappa shape index (κ2) is 13.6. The van der Waals surface area contributed by atoms with Gasteiger partial charge in [0.05, 0.1) is 17.9 Å². The fraction of sp³-hybridized carbons (Fsp3) is 0.545. The monoisotopic (exact) mass is 639 g/mol. The Labute approximate surface area is 269 Å². The van der Waals surface area contributed by atoms with Crippen LogP contribution < -0.4 is 25.8 Å². The number of thiophene rings is 1. The molecule has 1 unspecified atom stereocenters. The van der Waals surface area contributed by atoms with E-state index in [9.17, 15) is 24.0 Å². The fourth-order valence-electron chi connectivity index (χ4n) is 5.54. The molecule has 0 bridgehead atoms. The summed E-state index contributed by atoms with van der Waals surface area (Å²) in [6.45, 7) is 13.0. The molecule has 0 saturated carbocycles. The lowest BCUT2D eigenvalue weighted by atomic mass is 9.94. The van der Waals surface area contributed by atoms with Gasteiger partial charge in [-0.1, -0.05) is 32.0 Å². The molecule has 2 aliphatic heterocycles. The Balaban J connectivity index is 1.57. The molecule has 0 aliphatic carbocycles. The number of rotatable bonds is 10. The number of carbonyl (C=O) groups is 5. The molecule has 244 valence electrons. The van der Waals surface area contributed by atoms with Crippen molar-refractivity contribution < 1.29 is 28.7 Å². The predicted molar refractivity (Wildman–Crippen MR) is 174 cm³/mol. The molecular weight excluding hydrogens is 594 g/mol. The Hall–Kier alpha value is -3.93. The standard InChI is InChI=1S/C33H45N5O6S/c1-20(2)17-23(35-30(42)33(6,7)36-31(43)44-32(3,4)5)28(40)34-24-18-21-11-8-13-25(37-15-9-14-26(37)39)27(21)38(29(24)41)19-22-12-10-16-45-22/h8,10-13,16,20,23-24H,9,14-15,17-19H2,1-7H3,(H,34,40)(H,35,42)(H,36,43)/t23-,24?/m1/s1. The molecule has 2 aliphatic rings. The number of nitrogens with one attached hydrogen (secondary N) is 3. The first-order valence-corrected chi connectivity index (χ1v) is 16.3. The van der Waals surface area contributed by atoms with Gasteiger partial charge >= 0.3 is 6.09 Å². The highest BCUT2D eigenvalue weighted by Gasteiger charge is 2.40. The predicted octanol–water partition coefficient (Wildman–Crippen LogP) is 4.28. The van der Waals surface area contributed by atoms with Gasteiger partial charge in [-0.2, -0.15) is 0 Å². The molecular formula is C33H45N5O6S. The lowest BCUT2D eigenvalue weighted by Crippen LogP contribution is -2.61. The topological polar surface area (TPSA) is 137 Å². The van der Waals surface area contributed by atoms with E-state index in [-0.39, 0.29) is 24.2 Å². The van der Waals surface area contributed by atoms with Gasteiger partial charge in [0.25, 0.3) is 0 Å². The number of hydrogen-bond donors (Lipinski definition) is 3. The summed E-state index contributed by atoms with van der Waals surface area (Å²) in [5.74, 6) is -1.27. The Bertz CT molecular complexity index is 1430. The van der Waals surface area contributed by atoms with Crippen molar-refractivity contribution in [1.82, 2.24) is 16.0 Å². The van der Waals surface area contributed by atoms with Gasteiger partial charge in [-0.3, -0.25) is 19.2 Å². The van der Waals surface area contributed by atoms with Crippen molar-refractivity contribution in [2.75, 3.05) is 16.3 Å². The summed E-state index contributed by atoms with van der Waals surface area (Å²) in [7, 11) is 0. The Morgan fingerprint density at radius 1 is 1.07 bits per heavy atom. The average molecular weight is 640 g/mol. The van der Waals surface area contributed by atoms with Crippen LogP contribution in [0.3, 0.4) is 0 Å². The summed E-state index contributed by atoms with van der Waals surface area (Å²) in [5, 5.41) is 10.2. The number of ether oxygens (including phenoxy) is 1. The highest BCUT2D eigenvalue weighted by Crippen LogP contribution is 2.40. The highest BCUT2D eigenvalue weighted by atomic mass is 32.1. The number of fused-ring (bicyclic) bond motifs is 1. The van der Waals surface area contributed by atoms with Gasteiger partial charge in [0, 0.05) is 24.3 Å².